The van der Waals surface area contributed by atoms with E-state index >= 15 is 0 Å². The van der Waals surface area contributed by atoms with Gasteiger partial charge in [0, 0.05) is 5.39 Å². The minimum Gasteiger partial charge on any atom is -0.311 e. The molecule has 2 aromatic rings. The molecule has 1 atom stereocenters. The summed E-state index contributed by atoms with van der Waals surface area (Å²) in [5.74, 6) is 0. The fourth-order valence-corrected chi connectivity index (χ4v) is 2.11. The van der Waals surface area contributed by atoms with Crippen LogP contribution in [0.3, 0.4) is 0 Å². The SMILES string of the molecule is C=CCC(NC)c1cc(C)c2ccccc2n1. The Balaban J connectivity index is 2.52. The molecule has 2 nitrogen and oxygen atoms in total. The van der Waals surface area contributed by atoms with Gasteiger partial charge >= 0.3 is 0 Å². The average Bonchev–Trinajstić information content (AvgIpc) is 2.36. The van der Waals surface area contributed by atoms with Gasteiger partial charge in [-0.05, 0) is 38.1 Å². The molecule has 0 spiro atoms. The maximum atomic E-state index is 4.72. The second kappa shape index (κ2) is 5.11. The number of nitrogens with one attached hydrogen (secondary N) is 1. The fourth-order valence-electron chi connectivity index (χ4n) is 2.11. The van der Waals surface area contributed by atoms with Gasteiger partial charge in [-0.2, -0.15) is 0 Å². The standard InChI is InChI=1S/C15H18N2/c1-4-7-14(16-3)15-10-11(2)12-8-5-6-9-13(12)17-15/h4-6,8-10,14,16H,1,7H2,2-3H3. The summed E-state index contributed by atoms with van der Waals surface area (Å²) in [6.45, 7) is 5.92. The van der Waals surface area contributed by atoms with Gasteiger partial charge in [-0.3, -0.25) is 4.98 Å². The van der Waals surface area contributed by atoms with E-state index in [1.807, 2.05) is 19.2 Å². The molecule has 0 saturated heterocycles. The van der Waals surface area contributed by atoms with Crippen LogP contribution in [0.15, 0.2) is 43.0 Å². The number of aryl methyl sites for hydroxylation is 1. The summed E-state index contributed by atoms with van der Waals surface area (Å²) in [6, 6.07) is 10.7. The number of para-hydroxylation sites is 1. The van der Waals surface area contributed by atoms with Crippen LogP contribution in [0.2, 0.25) is 0 Å². The number of fused-ring (bicyclic) bond motifs is 1. The van der Waals surface area contributed by atoms with Crippen molar-refractivity contribution in [3.05, 3.63) is 54.2 Å². The van der Waals surface area contributed by atoms with Crippen LogP contribution in [0.25, 0.3) is 10.9 Å². The molecule has 0 aliphatic carbocycles. The van der Waals surface area contributed by atoms with Gasteiger partial charge in [-0.1, -0.05) is 24.3 Å². The summed E-state index contributed by atoms with van der Waals surface area (Å²) in [6.07, 6.45) is 2.81. The molecule has 0 bridgehead atoms. The Labute approximate surface area is 102 Å². The largest absolute Gasteiger partial charge is 0.311 e. The van der Waals surface area contributed by atoms with Crippen molar-refractivity contribution in [2.24, 2.45) is 0 Å². The summed E-state index contributed by atoms with van der Waals surface area (Å²) in [5.41, 5.74) is 3.42. The van der Waals surface area contributed by atoms with E-state index in [1.54, 1.807) is 0 Å². The van der Waals surface area contributed by atoms with Crippen molar-refractivity contribution in [2.75, 3.05) is 7.05 Å². The Kier molecular flexibility index (Phi) is 3.55. The lowest BCUT2D eigenvalue weighted by Crippen LogP contribution is -2.17. The number of hydrogen-bond acceptors (Lipinski definition) is 2. The van der Waals surface area contributed by atoms with Crippen LogP contribution in [0.4, 0.5) is 0 Å². The maximum absolute atomic E-state index is 4.72. The van der Waals surface area contributed by atoms with E-state index in [4.69, 9.17) is 4.98 Å². The Hall–Kier alpha value is -1.67. The van der Waals surface area contributed by atoms with Crippen LogP contribution in [0.5, 0.6) is 0 Å². The van der Waals surface area contributed by atoms with Crippen LogP contribution in [0, 0.1) is 6.92 Å². The number of hydrogen-bond donors (Lipinski definition) is 1. The van der Waals surface area contributed by atoms with Crippen molar-refractivity contribution in [1.29, 1.82) is 0 Å². The van der Waals surface area contributed by atoms with E-state index < -0.39 is 0 Å². The lowest BCUT2D eigenvalue weighted by Gasteiger charge is -2.15. The fraction of sp³-hybridized carbons (Fsp3) is 0.267. The highest BCUT2D eigenvalue weighted by Crippen LogP contribution is 2.22. The van der Waals surface area contributed by atoms with Gasteiger partial charge in [0.05, 0.1) is 17.3 Å². The van der Waals surface area contributed by atoms with E-state index in [9.17, 15) is 0 Å². The molecule has 2 heteroatoms. The molecule has 1 N–H and O–H groups in total. The molecule has 0 fully saturated rings. The first-order valence-corrected chi connectivity index (χ1v) is 5.90. The zero-order chi connectivity index (χ0) is 12.3. The summed E-state index contributed by atoms with van der Waals surface area (Å²) in [7, 11) is 1.96. The summed E-state index contributed by atoms with van der Waals surface area (Å²) in [4.78, 5) is 4.72. The zero-order valence-corrected chi connectivity index (χ0v) is 10.4. The molecule has 1 heterocycles. The first-order chi connectivity index (χ1) is 8.26. The molecule has 88 valence electrons. The van der Waals surface area contributed by atoms with Crippen molar-refractivity contribution < 1.29 is 0 Å². The zero-order valence-electron chi connectivity index (χ0n) is 10.4. The molecule has 0 aliphatic heterocycles. The van der Waals surface area contributed by atoms with Crippen molar-refractivity contribution in [3.8, 4) is 0 Å². The highest BCUT2D eigenvalue weighted by molar-refractivity contribution is 5.82. The summed E-state index contributed by atoms with van der Waals surface area (Å²) >= 11 is 0. The lowest BCUT2D eigenvalue weighted by atomic mass is 10.0. The minimum atomic E-state index is 0.246. The number of pyridine rings is 1. The third-order valence-corrected chi connectivity index (χ3v) is 3.05. The highest BCUT2D eigenvalue weighted by atomic mass is 14.9. The molecule has 0 aliphatic rings. The predicted molar refractivity (Wildman–Crippen MR) is 73.1 cm³/mol. The molecule has 2 rings (SSSR count). The van der Waals surface area contributed by atoms with Gasteiger partial charge < -0.3 is 5.32 Å². The van der Waals surface area contributed by atoms with Crippen molar-refractivity contribution in [1.82, 2.24) is 10.3 Å². The van der Waals surface area contributed by atoms with Gasteiger partial charge in [-0.25, -0.2) is 0 Å². The topological polar surface area (TPSA) is 24.9 Å². The van der Waals surface area contributed by atoms with Crippen molar-refractivity contribution in [3.63, 3.8) is 0 Å². The normalized spacial score (nSPS) is 12.6. The van der Waals surface area contributed by atoms with Crippen LogP contribution in [-0.2, 0) is 0 Å². The van der Waals surface area contributed by atoms with Crippen LogP contribution < -0.4 is 5.32 Å². The van der Waals surface area contributed by atoms with Crippen LogP contribution >= 0.6 is 0 Å². The van der Waals surface area contributed by atoms with Gasteiger partial charge in [-0.15, -0.1) is 6.58 Å². The third-order valence-electron chi connectivity index (χ3n) is 3.05. The molecule has 0 amide bonds. The second-order valence-corrected chi connectivity index (χ2v) is 4.25. The minimum absolute atomic E-state index is 0.246. The van der Waals surface area contributed by atoms with E-state index in [2.05, 4.69) is 43.1 Å². The van der Waals surface area contributed by atoms with Gasteiger partial charge in [0.2, 0.25) is 0 Å². The highest BCUT2D eigenvalue weighted by Gasteiger charge is 2.10. The first kappa shape index (κ1) is 11.8. The smallest absolute Gasteiger partial charge is 0.0708 e. The Morgan fingerprint density at radius 1 is 1.41 bits per heavy atom. The Morgan fingerprint density at radius 3 is 2.88 bits per heavy atom. The van der Waals surface area contributed by atoms with Gasteiger partial charge in [0.1, 0.15) is 0 Å². The van der Waals surface area contributed by atoms with Crippen LogP contribution in [0.1, 0.15) is 23.7 Å². The quantitative estimate of drug-likeness (QED) is 0.808. The second-order valence-electron chi connectivity index (χ2n) is 4.25. The van der Waals surface area contributed by atoms with E-state index in [1.165, 1.54) is 10.9 Å². The number of benzene rings is 1. The predicted octanol–water partition coefficient (Wildman–Crippen LogP) is 3.38. The number of aromatic nitrogens is 1. The molecule has 17 heavy (non-hydrogen) atoms. The Bertz CT molecular complexity index is 531. The van der Waals surface area contributed by atoms with E-state index in [0.29, 0.717) is 0 Å². The van der Waals surface area contributed by atoms with E-state index in [0.717, 1.165) is 17.6 Å². The third kappa shape index (κ3) is 2.37. The molecule has 0 saturated carbocycles. The molecule has 1 aromatic carbocycles. The molecular formula is C15H18N2. The molecule has 1 unspecified atom stereocenters. The van der Waals surface area contributed by atoms with Gasteiger partial charge in [0.15, 0.2) is 0 Å². The van der Waals surface area contributed by atoms with Crippen molar-refractivity contribution in [2.45, 2.75) is 19.4 Å². The maximum Gasteiger partial charge on any atom is 0.0708 e. The lowest BCUT2D eigenvalue weighted by molar-refractivity contribution is 0.588. The molecular weight excluding hydrogens is 208 g/mol. The van der Waals surface area contributed by atoms with Crippen LogP contribution in [-0.4, -0.2) is 12.0 Å². The number of nitrogens with zero attached hydrogens (tertiary/aromatic N) is 1. The van der Waals surface area contributed by atoms with Crippen molar-refractivity contribution >= 4 is 10.9 Å². The molecule has 0 radical (unpaired) electrons. The average molecular weight is 226 g/mol. The van der Waals surface area contributed by atoms with Gasteiger partial charge in [0.25, 0.3) is 0 Å². The summed E-state index contributed by atoms with van der Waals surface area (Å²) in [5, 5.41) is 4.50. The Morgan fingerprint density at radius 2 is 2.18 bits per heavy atom. The monoisotopic (exact) mass is 226 g/mol. The number of rotatable bonds is 4. The first-order valence-electron chi connectivity index (χ1n) is 5.90. The molecule has 1 aromatic heterocycles. The van der Waals surface area contributed by atoms with E-state index in [-0.39, 0.29) is 6.04 Å². The summed E-state index contributed by atoms with van der Waals surface area (Å²) < 4.78 is 0.